The van der Waals surface area contributed by atoms with Crippen molar-refractivity contribution in [3.8, 4) is 5.75 Å². The lowest BCUT2D eigenvalue weighted by Crippen LogP contribution is -2.37. The predicted molar refractivity (Wildman–Crippen MR) is 146 cm³/mol. The summed E-state index contributed by atoms with van der Waals surface area (Å²) in [6.45, 7) is 4.31. The second kappa shape index (κ2) is 10.5. The molecule has 1 aliphatic heterocycles. The normalized spacial score (nSPS) is 18.8. The molecule has 5 rings (SSSR count). The first-order valence-corrected chi connectivity index (χ1v) is 14.0. The third-order valence-electron chi connectivity index (χ3n) is 7.23. The molecule has 0 bridgehead atoms. The number of benzene rings is 3. The number of piperidine rings is 1. The third kappa shape index (κ3) is 4.94. The van der Waals surface area contributed by atoms with Crippen LogP contribution in [-0.4, -0.2) is 42.6 Å². The molecular weight excluding hydrogens is 484 g/mol. The first-order chi connectivity index (χ1) is 17.9. The summed E-state index contributed by atoms with van der Waals surface area (Å²) in [6, 6.07) is 25.7. The molecule has 1 aromatic heterocycles. The highest BCUT2D eigenvalue weighted by atomic mass is 32.2. The Morgan fingerprint density at radius 3 is 2.43 bits per heavy atom. The van der Waals surface area contributed by atoms with E-state index in [1.54, 1.807) is 43.5 Å². The Morgan fingerprint density at radius 1 is 1.03 bits per heavy atom. The van der Waals surface area contributed by atoms with Crippen LogP contribution in [0.4, 0.5) is 0 Å². The Labute approximate surface area is 218 Å². The quantitative estimate of drug-likeness (QED) is 0.334. The van der Waals surface area contributed by atoms with Gasteiger partial charge in [0.05, 0.1) is 23.2 Å². The van der Waals surface area contributed by atoms with E-state index in [9.17, 15) is 13.5 Å². The van der Waals surface area contributed by atoms with Crippen LogP contribution in [0.1, 0.15) is 30.7 Å². The van der Waals surface area contributed by atoms with E-state index < -0.39 is 16.1 Å². The van der Waals surface area contributed by atoms with E-state index in [1.807, 2.05) is 43.3 Å². The maximum atomic E-state index is 13.8. The van der Waals surface area contributed by atoms with Gasteiger partial charge in [-0.3, -0.25) is 4.90 Å². The van der Waals surface area contributed by atoms with Crippen molar-refractivity contribution in [3.05, 3.63) is 108 Å². The summed E-state index contributed by atoms with van der Waals surface area (Å²) in [4.78, 5) is 2.56. The standard InChI is InChI=1S/C30H32N2O4S/c1-3-23-21-31(20-22-13-15-25(36-2)16-14-22)18-17-27(23)30(33)29-19-24-9-7-8-12-28(24)32(29)37(34,35)26-10-5-4-6-11-26/h3-16,19,27,30,33H,17-18,20-21H2,1-2H3/b23-3-/t27-,30?/m0/s1. The second-order valence-corrected chi connectivity index (χ2v) is 11.3. The molecule has 1 saturated heterocycles. The van der Waals surface area contributed by atoms with Gasteiger partial charge in [0.1, 0.15) is 11.9 Å². The molecular formula is C30H32N2O4S. The molecule has 37 heavy (non-hydrogen) atoms. The number of hydrogen-bond acceptors (Lipinski definition) is 5. The van der Waals surface area contributed by atoms with E-state index in [0.29, 0.717) is 11.2 Å². The smallest absolute Gasteiger partial charge is 0.268 e. The minimum Gasteiger partial charge on any atom is -0.497 e. The molecule has 0 radical (unpaired) electrons. The van der Waals surface area contributed by atoms with Gasteiger partial charge in [-0.05, 0) is 61.9 Å². The molecule has 0 amide bonds. The molecule has 0 spiro atoms. The van der Waals surface area contributed by atoms with E-state index >= 15 is 0 Å². The zero-order valence-electron chi connectivity index (χ0n) is 21.1. The maximum absolute atomic E-state index is 13.8. The van der Waals surface area contributed by atoms with E-state index in [1.165, 1.54) is 9.54 Å². The average molecular weight is 517 g/mol. The number of hydrogen-bond donors (Lipinski definition) is 1. The Morgan fingerprint density at radius 2 is 1.73 bits per heavy atom. The van der Waals surface area contributed by atoms with Gasteiger partial charge in [0.15, 0.2) is 0 Å². The molecule has 2 atom stereocenters. The number of para-hydroxylation sites is 1. The predicted octanol–water partition coefficient (Wildman–Crippen LogP) is 5.39. The summed E-state index contributed by atoms with van der Waals surface area (Å²) in [7, 11) is -2.24. The van der Waals surface area contributed by atoms with Gasteiger partial charge < -0.3 is 9.84 Å². The molecule has 0 aliphatic carbocycles. The van der Waals surface area contributed by atoms with Crippen molar-refractivity contribution in [1.29, 1.82) is 0 Å². The van der Waals surface area contributed by atoms with E-state index in [0.717, 1.165) is 42.8 Å². The Kier molecular flexibility index (Phi) is 7.20. The number of fused-ring (bicyclic) bond motifs is 1. The number of aromatic nitrogens is 1. The summed E-state index contributed by atoms with van der Waals surface area (Å²) in [5.41, 5.74) is 3.28. The van der Waals surface area contributed by atoms with Gasteiger partial charge in [-0.25, -0.2) is 12.4 Å². The van der Waals surface area contributed by atoms with Crippen molar-refractivity contribution in [2.45, 2.75) is 30.9 Å². The number of methoxy groups -OCH3 is 1. The fraction of sp³-hybridized carbons (Fsp3) is 0.267. The second-order valence-electron chi connectivity index (χ2n) is 9.47. The van der Waals surface area contributed by atoms with Gasteiger partial charge in [0, 0.05) is 24.4 Å². The van der Waals surface area contributed by atoms with Crippen LogP contribution in [0, 0.1) is 5.92 Å². The number of likely N-dealkylation sites (tertiary alicyclic amines) is 1. The Balaban J connectivity index is 1.45. The first kappa shape index (κ1) is 25.3. The van der Waals surface area contributed by atoms with Crippen LogP contribution in [-0.2, 0) is 16.6 Å². The monoisotopic (exact) mass is 516 g/mol. The molecule has 3 aromatic carbocycles. The summed E-state index contributed by atoms with van der Waals surface area (Å²) >= 11 is 0. The summed E-state index contributed by atoms with van der Waals surface area (Å²) in [6.07, 6.45) is 1.83. The van der Waals surface area contributed by atoms with Crippen molar-refractivity contribution in [2.75, 3.05) is 20.2 Å². The first-order valence-electron chi connectivity index (χ1n) is 12.5. The fourth-order valence-electron chi connectivity index (χ4n) is 5.28. The number of allylic oxidation sites excluding steroid dienone is 1. The molecule has 192 valence electrons. The van der Waals surface area contributed by atoms with Crippen LogP contribution in [0.25, 0.3) is 10.9 Å². The highest BCUT2D eigenvalue weighted by molar-refractivity contribution is 7.90. The lowest BCUT2D eigenvalue weighted by molar-refractivity contribution is 0.0866. The van der Waals surface area contributed by atoms with Crippen LogP contribution < -0.4 is 4.74 Å². The number of rotatable bonds is 7. The number of aliphatic hydroxyl groups excluding tert-OH is 1. The SMILES string of the molecule is C/C=C1/CN(Cc2ccc(OC)cc2)CC[C@@H]1C(O)c1cc2ccccc2n1S(=O)(=O)c1ccccc1. The topological polar surface area (TPSA) is 71.8 Å². The molecule has 7 heteroatoms. The molecule has 6 nitrogen and oxygen atoms in total. The van der Waals surface area contributed by atoms with Crippen LogP contribution in [0.5, 0.6) is 5.75 Å². The molecule has 1 unspecified atom stereocenters. The summed E-state index contributed by atoms with van der Waals surface area (Å²) < 4.78 is 34.2. The lowest BCUT2D eigenvalue weighted by atomic mass is 9.84. The van der Waals surface area contributed by atoms with Crippen molar-refractivity contribution in [3.63, 3.8) is 0 Å². The molecule has 1 N–H and O–H groups in total. The van der Waals surface area contributed by atoms with Crippen molar-refractivity contribution in [1.82, 2.24) is 8.87 Å². The van der Waals surface area contributed by atoms with E-state index in [-0.39, 0.29) is 10.8 Å². The van der Waals surface area contributed by atoms with Crippen LogP contribution in [0.2, 0.25) is 0 Å². The zero-order chi connectivity index (χ0) is 26.0. The number of ether oxygens (including phenoxy) is 1. The number of aliphatic hydroxyl groups is 1. The highest BCUT2D eigenvalue weighted by Crippen LogP contribution is 2.38. The third-order valence-corrected chi connectivity index (χ3v) is 8.99. The van der Waals surface area contributed by atoms with Crippen LogP contribution in [0.3, 0.4) is 0 Å². The van der Waals surface area contributed by atoms with Crippen molar-refractivity contribution < 1.29 is 18.3 Å². The summed E-state index contributed by atoms with van der Waals surface area (Å²) in [5, 5.41) is 12.5. The molecule has 1 fully saturated rings. The maximum Gasteiger partial charge on any atom is 0.268 e. The fourth-order valence-corrected chi connectivity index (χ4v) is 6.86. The minimum absolute atomic E-state index is 0.175. The highest BCUT2D eigenvalue weighted by Gasteiger charge is 2.34. The van der Waals surface area contributed by atoms with Crippen molar-refractivity contribution >= 4 is 20.9 Å². The Hall–Kier alpha value is -3.39. The van der Waals surface area contributed by atoms with Crippen LogP contribution >= 0.6 is 0 Å². The van der Waals surface area contributed by atoms with Gasteiger partial charge in [-0.1, -0.05) is 60.2 Å². The molecule has 0 saturated carbocycles. The van der Waals surface area contributed by atoms with E-state index in [2.05, 4.69) is 23.1 Å². The molecule has 4 aromatic rings. The van der Waals surface area contributed by atoms with Gasteiger partial charge in [0.2, 0.25) is 0 Å². The molecule has 2 heterocycles. The van der Waals surface area contributed by atoms with Crippen molar-refractivity contribution in [2.24, 2.45) is 5.92 Å². The van der Waals surface area contributed by atoms with Gasteiger partial charge in [-0.2, -0.15) is 0 Å². The van der Waals surface area contributed by atoms with Crippen LogP contribution in [0.15, 0.2) is 101 Å². The van der Waals surface area contributed by atoms with Gasteiger partial charge in [0.25, 0.3) is 10.0 Å². The largest absolute Gasteiger partial charge is 0.497 e. The van der Waals surface area contributed by atoms with Gasteiger partial charge >= 0.3 is 0 Å². The number of nitrogens with zero attached hydrogens (tertiary/aromatic N) is 2. The van der Waals surface area contributed by atoms with Gasteiger partial charge in [-0.15, -0.1) is 0 Å². The zero-order valence-corrected chi connectivity index (χ0v) is 21.9. The average Bonchev–Trinajstić information content (AvgIpc) is 3.34. The lowest BCUT2D eigenvalue weighted by Gasteiger charge is -2.37. The Bertz CT molecular complexity index is 1510. The summed E-state index contributed by atoms with van der Waals surface area (Å²) in [5.74, 6) is 0.659. The molecule has 1 aliphatic rings. The van der Waals surface area contributed by atoms with E-state index in [4.69, 9.17) is 4.74 Å². The minimum atomic E-state index is -3.90.